The van der Waals surface area contributed by atoms with Crippen molar-refractivity contribution < 1.29 is 29.4 Å². The van der Waals surface area contributed by atoms with Crippen LogP contribution in [0.1, 0.15) is 146 Å². The molecule has 1 heterocycles. The molecule has 0 aliphatic carbocycles. The SMILES string of the molecule is CCCCCCCCCCCCCCCCCCNC(=O)c1cccc(SC2C(=O)N(c3ccccc3C)N=C2Nc2cc(C(=O)O)cc(C(=O)O)c2)c1. The van der Waals surface area contributed by atoms with E-state index in [0.29, 0.717) is 22.7 Å². The van der Waals surface area contributed by atoms with Gasteiger partial charge < -0.3 is 20.8 Å². The number of carbonyl (C=O) groups excluding carboxylic acids is 2. The number of hydrogen-bond donors (Lipinski definition) is 4. The van der Waals surface area contributed by atoms with E-state index in [-0.39, 0.29) is 34.5 Å². The molecule has 0 saturated heterocycles. The van der Waals surface area contributed by atoms with E-state index in [1.54, 1.807) is 30.3 Å². The number of carboxylic acid groups (broad SMARTS) is 2. The first-order valence-corrected chi connectivity index (χ1v) is 20.5. The number of unbranched alkanes of at least 4 members (excludes halogenated alkanes) is 15. The minimum absolute atomic E-state index is 0.165. The molecule has 11 heteroatoms. The molecule has 3 aromatic carbocycles. The molecule has 2 amide bonds. The van der Waals surface area contributed by atoms with Crippen LogP contribution in [0.3, 0.4) is 0 Å². The molecule has 4 rings (SSSR count). The second-order valence-electron chi connectivity index (χ2n) is 14.0. The van der Waals surface area contributed by atoms with E-state index >= 15 is 0 Å². The molecule has 1 atom stereocenters. The monoisotopic (exact) mass is 756 g/mol. The quantitative estimate of drug-likeness (QED) is 0.0660. The van der Waals surface area contributed by atoms with Crippen molar-refractivity contribution in [2.45, 2.75) is 127 Å². The smallest absolute Gasteiger partial charge is 0.335 e. The van der Waals surface area contributed by atoms with Crippen molar-refractivity contribution >= 4 is 52.7 Å². The predicted octanol–water partition coefficient (Wildman–Crippen LogP) is 10.3. The zero-order chi connectivity index (χ0) is 38.7. The Hall–Kier alpha value is -4.64. The number of aromatic carboxylic acids is 2. The number of amidine groups is 1. The first kappa shape index (κ1) is 42.1. The molecule has 0 saturated carbocycles. The van der Waals surface area contributed by atoms with Gasteiger partial charge in [-0.3, -0.25) is 9.59 Å². The van der Waals surface area contributed by atoms with Crippen LogP contribution in [0.25, 0.3) is 0 Å². The molecule has 3 aromatic rings. The summed E-state index contributed by atoms with van der Waals surface area (Å²) in [5.41, 5.74) is 1.60. The Morgan fingerprint density at radius 2 is 1.26 bits per heavy atom. The second kappa shape index (κ2) is 22.5. The molecule has 290 valence electrons. The Balaban J connectivity index is 1.26. The summed E-state index contributed by atoms with van der Waals surface area (Å²) in [6.07, 6.45) is 20.7. The molecule has 10 nitrogen and oxygen atoms in total. The van der Waals surface area contributed by atoms with Gasteiger partial charge in [0.15, 0.2) is 11.1 Å². The molecule has 0 spiro atoms. The maximum atomic E-state index is 13.9. The Kier molecular flexibility index (Phi) is 17.6. The van der Waals surface area contributed by atoms with Gasteiger partial charge in [-0.05, 0) is 61.4 Å². The second-order valence-corrected chi connectivity index (χ2v) is 15.2. The lowest BCUT2D eigenvalue weighted by molar-refractivity contribution is -0.116. The maximum Gasteiger partial charge on any atom is 0.335 e. The molecule has 1 aliphatic rings. The molecular weight excluding hydrogens is 701 g/mol. The highest BCUT2D eigenvalue weighted by Crippen LogP contribution is 2.34. The number of carbonyl (C=O) groups is 4. The summed E-state index contributed by atoms with van der Waals surface area (Å²) in [4.78, 5) is 51.1. The molecule has 0 fully saturated rings. The minimum atomic E-state index is -1.29. The number of rotatable bonds is 24. The molecule has 1 unspecified atom stereocenters. The standard InChI is InChI=1S/C43H56N4O6S/c1-3-4-5-6-7-8-9-10-11-12-13-14-15-16-17-20-26-44-40(48)32-23-21-24-36(30-32)54-38-39(46-47(41(38)49)37-25-19-18-22-31(37)2)45-35-28-33(42(50)51)27-34(29-35)43(52)53/h18-19,21-25,27-30,38H,3-17,20,26H2,1-2H3,(H,44,48)(H,45,46)(H,50,51)(H,52,53). The van der Waals surface area contributed by atoms with Crippen LogP contribution in [-0.2, 0) is 4.79 Å². The fraction of sp³-hybridized carbons (Fsp3) is 0.465. The molecule has 0 bridgehead atoms. The van der Waals surface area contributed by atoms with Gasteiger partial charge in [-0.25, -0.2) is 9.59 Å². The highest BCUT2D eigenvalue weighted by atomic mass is 32.2. The molecule has 0 radical (unpaired) electrons. The lowest BCUT2D eigenvalue weighted by Gasteiger charge is -2.16. The summed E-state index contributed by atoms with van der Waals surface area (Å²) in [7, 11) is 0. The normalized spacial score (nSPS) is 13.9. The number of carboxylic acids is 2. The summed E-state index contributed by atoms with van der Waals surface area (Å²) >= 11 is 1.20. The molecule has 54 heavy (non-hydrogen) atoms. The summed E-state index contributed by atoms with van der Waals surface area (Å²) in [6.45, 7) is 4.72. The number of nitrogens with zero attached hydrogens (tertiary/aromatic N) is 2. The van der Waals surface area contributed by atoms with Crippen LogP contribution >= 0.6 is 11.8 Å². The first-order chi connectivity index (χ1) is 26.2. The zero-order valence-corrected chi connectivity index (χ0v) is 32.6. The number of hydrogen-bond acceptors (Lipinski definition) is 7. The molecular formula is C43H56N4O6S. The van der Waals surface area contributed by atoms with Gasteiger partial charge >= 0.3 is 11.9 Å². The van der Waals surface area contributed by atoms with Crippen molar-refractivity contribution in [2.75, 3.05) is 16.9 Å². The fourth-order valence-electron chi connectivity index (χ4n) is 6.53. The topological polar surface area (TPSA) is 148 Å². The third kappa shape index (κ3) is 13.3. The summed E-state index contributed by atoms with van der Waals surface area (Å²) < 4.78 is 0. The van der Waals surface area contributed by atoms with Crippen molar-refractivity contribution in [3.8, 4) is 0 Å². The fourth-order valence-corrected chi connectivity index (χ4v) is 7.57. The van der Waals surface area contributed by atoms with Gasteiger partial charge in [-0.15, -0.1) is 16.9 Å². The number of anilines is 2. The van der Waals surface area contributed by atoms with E-state index < -0.39 is 17.2 Å². The van der Waals surface area contributed by atoms with E-state index in [1.807, 2.05) is 25.1 Å². The van der Waals surface area contributed by atoms with Crippen molar-refractivity contribution in [1.82, 2.24) is 5.32 Å². The van der Waals surface area contributed by atoms with Crippen LogP contribution in [0.2, 0.25) is 0 Å². The van der Waals surface area contributed by atoms with Gasteiger partial charge in [0.1, 0.15) is 0 Å². The Labute approximate surface area is 324 Å². The van der Waals surface area contributed by atoms with E-state index in [9.17, 15) is 29.4 Å². The van der Waals surface area contributed by atoms with E-state index in [2.05, 4.69) is 22.7 Å². The number of thioether (sulfide) groups is 1. The highest BCUT2D eigenvalue weighted by Gasteiger charge is 2.38. The average Bonchev–Trinajstić information content (AvgIpc) is 3.45. The zero-order valence-electron chi connectivity index (χ0n) is 31.8. The minimum Gasteiger partial charge on any atom is -0.478 e. The number of aryl methyl sites for hydroxylation is 1. The van der Waals surface area contributed by atoms with Crippen LogP contribution in [0.15, 0.2) is 76.7 Å². The lowest BCUT2D eigenvalue weighted by Crippen LogP contribution is -2.32. The Morgan fingerprint density at radius 3 is 1.81 bits per heavy atom. The van der Waals surface area contributed by atoms with Gasteiger partial charge in [-0.1, -0.05) is 128 Å². The van der Waals surface area contributed by atoms with Crippen molar-refractivity contribution in [1.29, 1.82) is 0 Å². The maximum absolute atomic E-state index is 13.9. The van der Waals surface area contributed by atoms with E-state index in [0.717, 1.165) is 24.5 Å². The number of para-hydroxylation sites is 1. The summed E-state index contributed by atoms with van der Waals surface area (Å²) in [5.74, 6) is -2.91. The Bertz CT molecular complexity index is 1710. The number of nitrogens with one attached hydrogen (secondary N) is 2. The summed E-state index contributed by atoms with van der Waals surface area (Å²) in [6, 6.07) is 18.0. The highest BCUT2D eigenvalue weighted by molar-refractivity contribution is 8.01. The lowest BCUT2D eigenvalue weighted by atomic mass is 10.0. The van der Waals surface area contributed by atoms with Crippen molar-refractivity contribution in [3.63, 3.8) is 0 Å². The number of hydrazone groups is 1. The first-order valence-electron chi connectivity index (χ1n) is 19.6. The molecule has 0 aromatic heterocycles. The average molecular weight is 757 g/mol. The van der Waals surface area contributed by atoms with E-state index in [4.69, 9.17) is 0 Å². The largest absolute Gasteiger partial charge is 0.478 e. The van der Waals surface area contributed by atoms with Gasteiger partial charge in [0.05, 0.1) is 16.8 Å². The third-order valence-electron chi connectivity index (χ3n) is 9.60. The number of amides is 2. The van der Waals surface area contributed by atoms with Crippen LogP contribution in [0.5, 0.6) is 0 Å². The van der Waals surface area contributed by atoms with Gasteiger partial charge in [-0.2, -0.15) is 5.01 Å². The van der Waals surface area contributed by atoms with Crippen LogP contribution in [0, 0.1) is 6.92 Å². The van der Waals surface area contributed by atoms with Gasteiger partial charge in [0, 0.05) is 22.7 Å². The van der Waals surface area contributed by atoms with Crippen molar-refractivity contribution in [2.24, 2.45) is 5.10 Å². The number of benzene rings is 3. The third-order valence-corrected chi connectivity index (χ3v) is 10.8. The predicted molar refractivity (Wildman–Crippen MR) is 218 cm³/mol. The van der Waals surface area contributed by atoms with Crippen molar-refractivity contribution in [3.05, 3.63) is 89.0 Å². The van der Waals surface area contributed by atoms with Gasteiger partial charge in [0.25, 0.3) is 11.8 Å². The van der Waals surface area contributed by atoms with Crippen LogP contribution in [-0.4, -0.2) is 51.6 Å². The Morgan fingerprint density at radius 1 is 0.704 bits per heavy atom. The molecule has 4 N–H and O–H groups in total. The van der Waals surface area contributed by atoms with Gasteiger partial charge in [0.2, 0.25) is 0 Å². The summed E-state index contributed by atoms with van der Waals surface area (Å²) in [5, 5.41) is 30.2. The van der Waals surface area contributed by atoms with Crippen LogP contribution in [0.4, 0.5) is 11.4 Å². The van der Waals surface area contributed by atoms with Crippen LogP contribution < -0.4 is 15.6 Å². The molecule has 1 aliphatic heterocycles. The van der Waals surface area contributed by atoms with E-state index in [1.165, 1.54) is 119 Å².